The van der Waals surface area contributed by atoms with Crippen molar-refractivity contribution >= 4 is 11.8 Å². The van der Waals surface area contributed by atoms with Gasteiger partial charge in [0.15, 0.2) is 0 Å². The van der Waals surface area contributed by atoms with Crippen molar-refractivity contribution in [3.8, 4) is 0 Å². The third-order valence-electron chi connectivity index (χ3n) is 2.37. The molecule has 0 nitrogen and oxygen atoms in total. The molecule has 0 fully saturated rings. The second-order valence-corrected chi connectivity index (χ2v) is 4.85. The summed E-state index contributed by atoms with van der Waals surface area (Å²) < 4.78 is 0. The summed E-state index contributed by atoms with van der Waals surface area (Å²) in [5.74, 6) is 1.25. The standard InChI is InChI=1S/C11H20S/c1-2-3-4-5-8-11-9-6-7-10-12-11/h6-7,11H,2-5,8-10H2,1H3. The van der Waals surface area contributed by atoms with Gasteiger partial charge in [-0.25, -0.2) is 0 Å². The van der Waals surface area contributed by atoms with E-state index in [2.05, 4.69) is 30.8 Å². The van der Waals surface area contributed by atoms with Crippen LogP contribution in [0.4, 0.5) is 0 Å². The van der Waals surface area contributed by atoms with Gasteiger partial charge in [0.2, 0.25) is 0 Å². The highest BCUT2D eigenvalue weighted by Gasteiger charge is 2.08. The first-order chi connectivity index (χ1) is 5.93. The SMILES string of the molecule is CCCCCCC1CC=CCS1. The van der Waals surface area contributed by atoms with Crippen molar-refractivity contribution in [3.63, 3.8) is 0 Å². The Morgan fingerprint density at radius 1 is 1.25 bits per heavy atom. The van der Waals surface area contributed by atoms with Gasteiger partial charge in [0.1, 0.15) is 0 Å². The Kier molecular flexibility index (Phi) is 5.59. The number of unbranched alkanes of at least 4 members (excludes halogenated alkanes) is 3. The predicted octanol–water partition coefficient (Wildman–Crippen LogP) is 4.02. The third-order valence-corrected chi connectivity index (χ3v) is 3.66. The molecule has 0 saturated heterocycles. The average molecular weight is 184 g/mol. The molecule has 0 saturated carbocycles. The van der Waals surface area contributed by atoms with Gasteiger partial charge in [0.05, 0.1) is 0 Å². The fourth-order valence-corrected chi connectivity index (χ4v) is 2.68. The Morgan fingerprint density at radius 3 is 2.83 bits per heavy atom. The Morgan fingerprint density at radius 2 is 2.17 bits per heavy atom. The molecule has 0 aromatic heterocycles. The van der Waals surface area contributed by atoms with E-state index in [4.69, 9.17) is 0 Å². The minimum Gasteiger partial charge on any atom is -0.154 e. The largest absolute Gasteiger partial charge is 0.154 e. The lowest BCUT2D eigenvalue weighted by molar-refractivity contribution is 0.618. The zero-order valence-electron chi connectivity index (χ0n) is 8.09. The topological polar surface area (TPSA) is 0 Å². The fraction of sp³-hybridized carbons (Fsp3) is 0.818. The van der Waals surface area contributed by atoms with Gasteiger partial charge in [-0.2, -0.15) is 11.8 Å². The molecule has 70 valence electrons. The monoisotopic (exact) mass is 184 g/mol. The van der Waals surface area contributed by atoms with E-state index in [0.717, 1.165) is 5.25 Å². The third kappa shape index (κ3) is 4.20. The molecule has 1 unspecified atom stereocenters. The van der Waals surface area contributed by atoms with E-state index >= 15 is 0 Å². The predicted molar refractivity (Wildman–Crippen MR) is 58.8 cm³/mol. The van der Waals surface area contributed by atoms with Gasteiger partial charge < -0.3 is 0 Å². The first kappa shape index (κ1) is 10.2. The summed E-state index contributed by atoms with van der Waals surface area (Å²) >= 11 is 2.13. The molecule has 0 aromatic rings. The average Bonchev–Trinajstić information content (AvgIpc) is 2.14. The molecule has 0 spiro atoms. The van der Waals surface area contributed by atoms with Crippen LogP contribution < -0.4 is 0 Å². The zero-order chi connectivity index (χ0) is 8.65. The number of rotatable bonds is 5. The summed E-state index contributed by atoms with van der Waals surface area (Å²) in [5, 5.41) is 0.937. The maximum Gasteiger partial charge on any atom is 0.0116 e. The maximum atomic E-state index is 2.35. The molecule has 0 N–H and O–H groups in total. The van der Waals surface area contributed by atoms with Gasteiger partial charge >= 0.3 is 0 Å². The molecule has 1 aliphatic rings. The first-order valence-electron chi connectivity index (χ1n) is 5.20. The summed E-state index contributed by atoms with van der Waals surface area (Å²) in [6.45, 7) is 2.28. The minimum absolute atomic E-state index is 0.937. The van der Waals surface area contributed by atoms with Crippen molar-refractivity contribution in [3.05, 3.63) is 12.2 Å². The minimum atomic E-state index is 0.937. The molecule has 1 rings (SSSR count). The molecule has 0 radical (unpaired) electrons. The molecule has 1 heteroatoms. The van der Waals surface area contributed by atoms with Crippen LogP contribution in [0.5, 0.6) is 0 Å². The van der Waals surface area contributed by atoms with Gasteiger partial charge in [-0.3, -0.25) is 0 Å². The van der Waals surface area contributed by atoms with Gasteiger partial charge in [-0.05, 0) is 12.8 Å². The number of allylic oxidation sites excluding steroid dienone is 1. The van der Waals surface area contributed by atoms with Crippen LogP contribution in [0, 0.1) is 0 Å². The second kappa shape index (κ2) is 6.59. The van der Waals surface area contributed by atoms with E-state index in [1.807, 2.05) is 0 Å². The second-order valence-electron chi connectivity index (χ2n) is 3.51. The van der Waals surface area contributed by atoms with Crippen molar-refractivity contribution in [2.45, 2.75) is 50.7 Å². The Bertz CT molecular complexity index is 129. The van der Waals surface area contributed by atoms with Gasteiger partial charge in [0.25, 0.3) is 0 Å². The maximum absolute atomic E-state index is 2.35. The van der Waals surface area contributed by atoms with Crippen LogP contribution in [0.15, 0.2) is 12.2 Å². The summed E-state index contributed by atoms with van der Waals surface area (Å²) in [6, 6.07) is 0. The Hall–Kier alpha value is 0.0900. The van der Waals surface area contributed by atoms with E-state index in [0.29, 0.717) is 0 Å². The lowest BCUT2D eigenvalue weighted by Crippen LogP contribution is -2.05. The van der Waals surface area contributed by atoms with E-state index in [-0.39, 0.29) is 0 Å². The van der Waals surface area contributed by atoms with Crippen LogP contribution in [0.25, 0.3) is 0 Å². The van der Waals surface area contributed by atoms with Crippen molar-refractivity contribution in [2.24, 2.45) is 0 Å². The quantitative estimate of drug-likeness (QED) is 0.459. The van der Waals surface area contributed by atoms with Gasteiger partial charge in [-0.1, -0.05) is 44.8 Å². The van der Waals surface area contributed by atoms with E-state index in [1.165, 1.54) is 44.3 Å². The molecule has 1 heterocycles. The van der Waals surface area contributed by atoms with Crippen LogP contribution >= 0.6 is 11.8 Å². The molecule has 0 aromatic carbocycles. The van der Waals surface area contributed by atoms with Crippen molar-refractivity contribution in [1.82, 2.24) is 0 Å². The van der Waals surface area contributed by atoms with E-state index < -0.39 is 0 Å². The number of hydrogen-bond acceptors (Lipinski definition) is 1. The summed E-state index contributed by atoms with van der Waals surface area (Å²) in [6.07, 6.45) is 13.1. The number of thioether (sulfide) groups is 1. The highest BCUT2D eigenvalue weighted by Crippen LogP contribution is 2.25. The lowest BCUT2D eigenvalue weighted by atomic mass is 10.1. The summed E-state index contributed by atoms with van der Waals surface area (Å²) in [7, 11) is 0. The summed E-state index contributed by atoms with van der Waals surface area (Å²) in [4.78, 5) is 0. The molecule has 0 amide bonds. The van der Waals surface area contributed by atoms with Crippen LogP contribution in [0.2, 0.25) is 0 Å². The normalized spacial score (nSPS) is 22.9. The van der Waals surface area contributed by atoms with E-state index in [1.54, 1.807) is 0 Å². The van der Waals surface area contributed by atoms with Crippen LogP contribution in [-0.4, -0.2) is 11.0 Å². The molecule has 0 bridgehead atoms. The highest BCUT2D eigenvalue weighted by atomic mass is 32.2. The smallest absolute Gasteiger partial charge is 0.0116 e. The number of hydrogen-bond donors (Lipinski definition) is 0. The van der Waals surface area contributed by atoms with Gasteiger partial charge in [-0.15, -0.1) is 0 Å². The van der Waals surface area contributed by atoms with Crippen LogP contribution in [0.3, 0.4) is 0 Å². The van der Waals surface area contributed by atoms with Crippen LogP contribution in [0.1, 0.15) is 45.4 Å². The van der Waals surface area contributed by atoms with Crippen LogP contribution in [-0.2, 0) is 0 Å². The Balaban J connectivity index is 1.95. The van der Waals surface area contributed by atoms with E-state index in [9.17, 15) is 0 Å². The zero-order valence-corrected chi connectivity index (χ0v) is 8.91. The molecular formula is C11H20S. The van der Waals surface area contributed by atoms with Crippen molar-refractivity contribution in [1.29, 1.82) is 0 Å². The van der Waals surface area contributed by atoms with Gasteiger partial charge in [0, 0.05) is 11.0 Å². The molecule has 0 aliphatic carbocycles. The first-order valence-corrected chi connectivity index (χ1v) is 6.25. The summed E-state index contributed by atoms with van der Waals surface area (Å²) in [5.41, 5.74) is 0. The van der Waals surface area contributed by atoms with Crippen molar-refractivity contribution in [2.75, 3.05) is 5.75 Å². The van der Waals surface area contributed by atoms with Crippen molar-refractivity contribution < 1.29 is 0 Å². The molecule has 12 heavy (non-hydrogen) atoms. The Labute approximate surface area is 80.8 Å². The molecule has 1 atom stereocenters. The highest BCUT2D eigenvalue weighted by molar-refractivity contribution is 8.00. The fourth-order valence-electron chi connectivity index (χ4n) is 1.58. The molecular weight excluding hydrogens is 164 g/mol. The lowest BCUT2D eigenvalue weighted by Gasteiger charge is -2.16. The molecule has 1 aliphatic heterocycles.